The van der Waals surface area contributed by atoms with Crippen molar-refractivity contribution >= 4 is 86.2 Å². The third kappa shape index (κ3) is 13.7. The predicted octanol–water partition coefficient (Wildman–Crippen LogP) is 14.0. The van der Waals surface area contributed by atoms with Gasteiger partial charge in [-0.2, -0.15) is 20.7 Å². The minimum atomic E-state index is -1.21. The smallest absolute Gasteiger partial charge is 0.276 e. The van der Waals surface area contributed by atoms with Gasteiger partial charge in [0.05, 0.1) is 45.4 Å². The molecule has 0 saturated heterocycles. The number of halogens is 2. The highest BCUT2D eigenvalue weighted by Gasteiger charge is 2.57. The second-order valence-electron chi connectivity index (χ2n) is 28.5. The van der Waals surface area contributed by atoms with E-state index in [2.05, 4.69) is 160 Å². The standard InChI is InChI=1S/2C29H42BrN5O2Si2/c1-29-15-21(29)13-22-26(16-29)35(19-37-9-11-39(5,6)7)33-27(22)28-32-24-14-23(30)20(17-31)12-25(24)34(28)18-36-8-10-38(2,3)4;1-29-15-21(29)13-22-26(16-29)35(19-37-9-11-39(5,6)7)33-27(22)28-32-24-12-20(17-31)23(30)14-25(24)34(28)18-36-8-10-38(2,3)4/h2*12,14,21H,8-11,13,15-16,18-19H2,1-7H3/p+1/t2*21-,29-/m11/s1. The summed E-state index contributed by atoms with van der Waals surface area (Å²) in [7, 11) is -4.73. The molecule has 14 nitrogen and oxygen atoms in total. The molecule has 20 heteroatoms. The molecule has 2 aromatic carbocycles. The van der Waals surface area contributed by atoms with E-state index in [1.54, 1.807) is 0 Å². The van der Waals surface area contributed by atoms with Crippen molar-refractivity contribution in [1.29, 1.82) is 10.5 Å². The van der Waals surface area contributed by atoms with E-state index in [1.165, 1.54) is 35.4 Å². The lowest BCUT2D eigenvalue weighted by molar-refractivity contribution is -0.787. The zero-order valence-corrected chi connectivity index (χ0v) is 56.3. The molecule has 4 atom stereocenters. The van der Waals surface area contributed by atoms with Crippen molar-refractivity contribution in [2.24, 2.45) is 22.7 Å². The van der Waals surface area contributed by atoms with Gasteiger partial charge in [0.25, 0.3) is 6.73 Å². The maximum atomic E-state index is 9.71. The van der Waals surface area contributed by atoms with Crippen LogP contribution in [0.3, 0.4) is 0 Å². The summed E-state index contributed by atoms with van der Waals surface area (Å²) in [6.07, 6.45) is 6.75. The first-order valence-electron chi connectivity index (χ1n) is 28.3. The van der Waals surface area contributed by atoms with Crippen LogP contribution in [0.15, 0.2) is 33.2 Å². The number of imidazole rings is 2. The van der Waals surface area contributed by atoms with Gasteiger partial charge in [-0.3, -0.25) is 9.13 Å². The van der Waals surface area contributed by atoms with Crippen LogP contribution in [0.25, 0.3) is 45.1 Å². The van der Waals surface area contributed by atoms with Gasteiger partial charge in [-0.05, 0) is 135 Å². The van der Waals surface area contributed by atoms with E-state index in [0.717, 1.165) is 136 Å². The fraction of sp³-hybridized carbons (Fsp3) is 0.621. The van der Waals surface area contributed by atoms with Crippen LogP contribution in [0.5, 0.6) is 0 Å². The third-order valence-corrected chi connectivity index (χ3v) is 24.8. The Labute approximate surface area is 484 Å². The quantitative estimate of drug-likeness (QED) is 0.0397. The number of hydrogen-bond donors (Lipinski definition) is 1. The Balaban J connectivity index is 0.000000190. The summed E-state index contributed by atoms with van der Waals surface area (Å²) < 4.78 is 35.1. The van der Waals surface area contributed by atoms with Crippen LogP contribution in [0.2, 0.25) is 103 Å². The van der Waals surface area contributed by atoms with Crippen LogP contribution in [0.1, 0.15) is 60.3 Å². The Hall–Kier alpha value is -3.55. The number of nitriles is 2. The Morgan fingerprint density at radius 3 is 1.68 bits per heavy atom. The maximum absolute atomic E-state index is 9.71. The van der Waals surface area contributed by atoms with Gasteiger partial charge in [0, 0.05) is 78.7 Å². The average Bonchev–Trinajstić information content (AvgIpc) is 4.12. The largest absolute Gasteiger partial charge is 0.361 e. The lowest BCUT2D eigenvalue weighted by atomic mass is 9.87. The van der Waals surface area contributed by atoms with Crippen molar-refractivity contribution in [3.05, 3.63) is 66.9 Å². The summed E-state index contributed by atoms with van der Waals surface area (Å²) in [6, 6.07) is 16.8. The molecule has 420 valence electrons. The Bertz CT molecular complexity index is 3200. The van der Waals surface area contributed by atoms with Gasteiger partial charge in [0.2, 0.25) is 5.69 Å². The average molecular weight is 1260 g/mol. The van der Waals surface area contributed by atoms with E-state index in [-0.39, 0.29) is 0 Å². The molecule has 10 rings (SSSR count). The van der Waals surface area contributed by atoms with Crippen molar-refractivity contribution in [3.63, 3.8) is 0 Å². The van der Waals surface area contributed by atoms with E-state index in [4.69, 9.17) is 34.0 Å². The van der Waals surface area contributed by atoms with Crippen LogP contribution in [-0.2, 0) is 71.6 Å². The van der Waals surface area contributed by atoms with Gasteiger partial charge in [-0.15, -0.1) is 0 Å². The fourth-order valence-electron chi connectivity index (χ4n) is 11.1. The van der Waals surface area contributed by atoms with Crippen LogP contribution in [-0.4, -0.2) is 92.7 Å². The lowest BCUT2D eigenvalue weighted by Crippen LogP contribution is -2.43. The summed E-state index contributed by atoms with van der Waals surface area (Å²) in [5.41, 5.74) is 12.8. The minimum absolute atomic E-state index is 0.382. The number of fused-ring (bicyclic) bond motifs is 6. The molecule has 2 fully saturated rings. The second kappa shape index (κ2) is 22.7. The van der Waals surface area contributed by atoms with Crippen LogP contribution >= 0.6 is 31.9 Å². The van der Waals surface area contributed by atoms with Crippen molar-refractivity contribution in [2.75, 3.05) is 26.4 Å². The van der Waals surface area contributed by atoms with Crippen LogP contribution in [0.4, 0.5) is 0 Å². The first kappa shape index (κ1) is 59.1. The SMILES string of the molecule is C[C@@]12Cc3c(c(-c4nc5cc(Br)c(C#N)cc5n4COCC[Si](C)(C)C)[nH][n+]3COCC[Si](C)(C)C)C[C@@H]1C2.C[C@@]12Cc3c(c(-c4nc5cc(C#N)c(Br)cc5n4COCC[Si](C)(C)C)nn3COCC[Si](C)(C)C)C[C@@H]1C2. The van der Waals surface area contributed by atoms with Gasteiger partial charge >= 0.3 is 0 Å². The number of aromatic amines is 1. The van der Waals surface area contributed by atoms with Gasteiger partial charge in [-0.25, -0.2) is 14.6 Å². The molecule has 2 saturated carbocycles. The molecule has 0 spiro atoms. The summed E-state index contributed by atoms with van der Waals surface area (Å²) in [5.74, 6) is 3.13. The Kier molecular flexibility index (Phi) is 17.2. The van der Waals surface area contributed by atoms with E-state index in [1.807, 2.05) is 24.3 Å². The first-order valence-corrected chi connectivity index (χ1v) is 44.7. The normalized spacial score (nSPS) is 20.6. The van der Waals surface area contributed by atoms with E-state index < -0.39 is 32.3 Å². The number of H-pyrrole nitrogens is 1. The monoisotopic (exact) mass is 1260 g/mol. The number of hydrogen-bond acceptors (Lipinski definition) is 9. The first-order chi connectivity index (χ1) is 36.6. The van der Waals surface area contributed by atoms with Gasteiger partial charge in [-0.1, -0.05) is 97.1 Å². The van der Waals surface area contributed by atoms with E-state index >= 15 is 0 Å². The molecule has 0 radical (unpaired) electrons. The molecular formula is C58H85Br2N10O4Si4+. The molecule has 6 aromatic rings. The van der Waals surface area contributed by atoms with Gasteiger partial charge in [0.15, 0.2) is 11.6 Å². The van der Waals surface area contributed by atoms with Gasteiger partial charge in [0.1, 0.15) is 43.7 Å². The van der Waals surface area contributed by atoms with Crippen LogP contribution < -0.4 is 4.68 Å². The van der Waals surface area contributed by atoms with E-state index in [0.29, 0.717) is 54.8 Å². The molecule has 4 heterocycles. The molecule has 4 aromatic heterocycles. The van der Waals surface area contributed by atoms with Crippen molar-refractivity contribution in [1.82, 2.24) is 34.0 Å². The topological polar surface area (TPSA) is 158 Å². The maximum Gasteiger partial charge on any atom is 0.276 e. The highest BCUT2D eigenvalue weighted by Crippen LogP contribution is 2.61. The number of benzene rings is 2. The molecule has 1 N–H and O–H groups in total. The predicted molar refractivity (Wildman–Crippen MR) is 329 cm³/mol. The number of nitrogens with zero attached hydrogens (tertiary/aromatic N) is 9. The molecule has 4 aliphatic carbocycles. The molecular weight excluding hydrogens is 1170 g/mol. The van der Waals surface area contributed by atoms with Crippen LogP contribution in [0, 0.1) is 45.3 Å². The molecule has 0 amide bonds. The summed E-state index contributed by atoms with van der Waals surface area (Å²) >= 11 is 7.15. The Morgan fingerprint density at radius 2 is 1.10 bits per heavy atom. The number of aromatic nitrogens is 8. The van der Waals surface area contributed by atoms with Crippen molar-refractivity contribution in [2.45, 2.75) is 182 Å². The lowest BCUT2D eigenvalue weighted by Gasteiger charge is -2.20. The molecule has 78 heavy (non-hydrogen) atoms. The zero-order chi connectivity index (χ0) is 56.3. The summed E-state index contributed by atoms with van der Waals surface area (Å²) in [6.45, 7) is 38.2. The summed E-state index contributed by atoms with van der Waals surface area (Å²) in [4.78, 5) is 10.2. The highest BCUT2D eigenvalue weighted by molar-refractivity contribution is 9.10. The number of ether oxygens (including phenoxy) is 4. The molecule has 0 bridgehead atoms. The molecule has 4 aliphatic rings. The molecule has 0 aliphatic heterocycles. The van der Waals surface area contributed by atoms with Crippen molar-refractivity contribution in [3.8, 4) is 35.2 Å². The van der Waals surface area contributed by atoms with Gasteiger partial charge < -0.3 is 18.9 Å². The van der Waals surface area contributed by atoms with E-state index in [9.17, 15) is 10.5 Å². The second-order valence-corrected chi connectivity index (χ2v) is 52.7. The third-order valence-electron chi connectivity index (χ3n) is 16.7. The Morgan fingerprint density at radius 1 is 0.628 bits per heavy atom. The minimum Gasteiger partial charge on any atom is -0.361 e. The number of rotatable bonds is 22. The zero-order valence-electron chi connectivity index (χ0n) is 49.1. The summed E-state index contributed by atoms with van der Waals surface area (Å²) in [5, 5.41) is 28.2. The number of nitrogens with one attached hydrogen (secondary N) is 1. The highest BCUT2D eigenvalue weighted by atomic mass is 79.9. The molecule has 0 unspecified atom stereocenters. The fourth-order valence-corrected chi connectivity index (χ4v) is 15.0. The van der Waals surface area contributed by atoms with Crippen molar-refractivity contribution < 1.29 is 23.6 Å².